The molecule has 110 valence electrons. The van der Waals surface area contributed by atoms with Gasteiger partial charge in [-0.2, -0.15) is 0 Å². The van der Waals surface area contributed by atoms with Gasteiger partial charge in [0.25, 0.3) is 0 Å². The van der Waals surface area contributed by atoms with Crippen LogP contribution >= 0.6 is 0 Å². The van der Waals surface area contributed by atoms with Crippen molar-refractivity contribution in [1.29, 1.82) is 0 Å². The quantitative estimate of drug-likeness (QED) is 0.613. The Morgan fingerprint density at radius 3 is 2.52 bits per heavy atom. The van der Waals surface area contributed by atoms with Crippen LogP contribution in [0.3, 0.4) is 0 Å². The molecule has 0 spiro atoms. The number of allylic oxidation sites excluding steroid dienone is 3. The molecule has 0 unspecified atom stereocenters. The maximum Gasteiger partial charge on any atom is 0.337 e. The molecular weight excluding hydrogens is 264 g/mol. The van der Waals surface area contributed by atoms with Gasteiger partial charge in [-0.3, -0.25) is 0 Å². The largest absolute Gasteiger partial charge is 0.452 e. The molecule has 2 rings (SSSR count). The lowest BCUT2D eigenvalue weighted by molar-refractivity contribution is -0.203. The maximum absolute atomic E-state index is 11.6. The highest BCUT2D eigenvalue weighted by atomic mass is 16.7. The van der Waals surface area contributed by atoms with Crippen molar-refractivity contribution >= 4 is 12.0 Å². The molecule has 0 bridgehead atoms. The van der Waals surface area contributed by atoms with Gasteiger partial charge in [0.2, 0.25) is 5.79 Å². The van der Waals surface area contributed by atoms with Crippen molar-refractivity contribution in [3.63, 3.8) is 0 Å². The van der Waals surface area contributed by atoms with Crippen molar-refractivity contribution in [1.82, 2.24) is 0 Å². The fourth-order valence-corrected chi connectivity index (χ4v) is 2.07. The molecule has 1 aromatic carbocycles. The van der Waals surface area contributed by atoms with Crippen LogP contribution in [0.5, 0.6) is 0 Å². The number of carbonyl (C=O) groups excluding carboxylic acids is 1. The number of ether oxygens (including phenoxy) is 2. The molecular formula is C18H20O3. The minimum Gasteiger partial charge on any atom is -0.452 e. The van der Waals surface area contributed by atoms with Crippen LogP contribution < -0.4 is 0 Å². The fraction of sp³-hybridized carbons (Fsp3) is 0.278. The summed E-state index contributed by atoms with van der Waals surface area (Å²) in [6.45, 7) is 5.48. The van der Waals surface area contributed by atoms with Crippen molar-refractivity contribution in [3.05, 3.63) is 65.5 Å². The van der Waals surface area contributed by atoms with E-state index >= 15 is 0 Å². The zero-order chi connectivity index (χ0) is 15.3. The average molecular weight is 284 g/mol. The summed E-state index contributed by atoms with van der Waals surface area (Å²) < 4.78 is 10.8. The third-order valence-electron chi connectivity index (χ3n) is 3.03. The molecule has 0 aromatic heterocycles. The highest BCUT2D eigenvalue weighted by Gasteiger charge is 2.30. The molecule has 0 saturated carbocycles. The van der Waals surface area contributed by atoms with Gasteiger partial charge in [0, 0.05) is 13.8 Å². The van der Waals surface area contributed by atoms with E-state index in [4.69, 9.17) is 9.47 Å². The molecule has 0 atom stereocenters. The van der Waals surface area contributed by atoms with Crippen molar-refractivity contribution in [3.8, 4) is 0 Å². The van der Waals surface area contributed by atoms with Gasteiger partial charge in [0.05, 0.1) is 6.08 Å². The number of rotatable bonds is 4. The molecule has 1 aliphatic heterocycles. The van der Waals surface area contributed by atoms with E-state index in [1.807, 2.05) is 55.5 Å². The number of cyclic esters (lactones) is 1. The zero-order valence-corrected chi connectivity index (χ0v) is 12.6. The zero-order valence-electron chi connectivity index (χ0n) is 12.6. The predicted molar refractivity (Wildman–Crippen MR) is 83.2 cm³/mol. The van der Waals surface area contributed by atoms with Crippen molar-refractivity contribution < 1.29 is 14.3 Å². The highest BCUT2D eigenvalue weighted by molar-refractivity contribution is 5.84. The Kier molecular flexibility index (Phi) is 4.63. The first kappa shape index (κ1) is 15.1. The van der Waals surface area contributed by atoms with Gasteiger partial charge in [-0.1, -0.05) is 55.5 Å². The average Bonchev–Trinajstić information content (AvgIpc) is 2.42. The van der Waals surface area contributed by atoms with E-state index < -0.39 is 5.79 Å². The summed E-state index contributed by atoms with van der Waals surface area (Å²) in [6.07, 6.45) is 8.12. The Labute approximate surface area is 125 Å². The van der Waals surface area contributed by atoms with Gasteiger partial charge in [0.15, 0.2) is 0 Å². The lowest BCUT2D eigenvalue weighted by Gasteiger charge is -2.31. The normalized spacial score (nSPS) is 18.1. The summed E-state index contributed by atoms with van der Waals surface area (Å²) in [7, 11) is 0. The van der Waals surface area contributed by atoms with Gasteiger partial charge < -0.3 is 9.47 Å². The van der Waals surface area contributed by atoms with Gasteiger partial charge >= 0.3 is 5.97 Å². The van der Waals surface area contributed by atoms with Crippen LogP contribution in [-0.4, -0.2) is 11.8 Å². The summed E-state index contributed by atoms with van der Waals surface area (Å²) in [4.78, 5) is 11.6. The molecule has 0 amide bonds. The van der Waals surface area contributed by atoms with Crippen LogP contribution in [0.25, 0.3) is 6.08 Å². The minimum absolute atomic E-state index is 0.368. The second-order valence-electron chi connectivity index (χ2n) is 5.25. The Morgan fingerprint density at radius 1 is 1.19 bits per heavy atom. The Morgan fingerprint density at radius 2 is 1.90 bits per heavy atom. The molecule has 1 aromatic rings. The minimum atomic E-state index is -0.918. The molecule has 0 N–H and O–H groups in total. The summed E-state index contributed by atoms with van der Waals surface area (Å²) in [5, 5.41) is 0. The third-order valence-corrected chi connectivity index (χ3v) is 3.03. The smallest absolute Gasteiger partial charge is 0.337 e. The SMILES string of the molecule is CC/C(=C\C=C\c1ccccc1)C1=CC(=O)OC(C)(C)O1. The molecule has 3 nitrogen and oxygen atoms in total. The summed E-state index contributed by atoms with van der Waals surface area (Å²) >= 11 is 0. The molecule has 3 heteroatoms. The van der Waals surface area contributed by atoms with E-state index in [1.165, 1.54) is 6.08 Å². The predicted octanol–water partition coefficient (Wildman–Crippen LogP) is 4.23. The Balaban J connectivity index is 2.18. The fourth-order valence-electron chi connectivity index (χ4n) is 2.07. The maximum atomic E-state index is 11.6. The standard InChI is InChI=1S/C18H20O3/c1-4-15(12-8-11-14-9-6-5-7-10-14)16-13-17(19)21-18(2,3)20-16/h5-13H,4H2,1-3H3/b11-8+,15-12+. The topological polar surface area (TPSA) is 35.5 Å². The second kappa shape index (κ2) is 6.44. The Bertz CT molecular complexity index is 592. The van der Waals surface area contributed by atoms with E-state index in [0.29, 0.717) is 5.76 Å². The second-order valence-corrected chi connectivity index (χ2v) is 5.25. The number of carbonyl (C=O) groups is 1. The molecule has 0 fully saturated rings. The summed E-state index contributed by atoms with van der Waals surface area (Å²) in [5.41, 5.74) is 2.09. The number of hydrogen-bond donors (Lipinski definition) is 0. The van der Waals surface area contributed by atoms with E-state index in [0.717, 1.165) is 17.6 Å². The number of hydrogen-bond acceptors (Lipinski definition) is 3. The number of benzene rings is 1. The van der Waals surface area contributed by atoms with Crippen LogP contribution in [-0.2, 0) is 14.3 Å². The van der Waals surface area contributed by atoms with E-state index in [1.54, 1.807) is 13.8 Å². The van der Waals surface area contributed by atoms with Gasteiger partial charge in [0.1, 0.15) is 5.76 Å². The number of esters is 1. The van der Waals surface area contributed by atoms with Crippen LogP contribution in [0.15, 0.2) is 59.9 Å². The molecule has 0 saturated heterocycles. The summed E-state index contributed by atoms with van der Waals surface area (Å²) in [5.74, 6) is -0.706. The molecule has 21 heavy (non-hydrogen) atoms. The Hall–Kier alpha value is -2.29. The van der Waals surface area contributed by atoms with Gasteiger partial charge in [-0.25, -0.2) is 4.79 Å². The monoisotopic (exact) mass is 284 g/mol. The molecule has 0 radical (unpaired) electrons. The van der Waals surface area contributed by atoms with Crippen molar-refractivity contribution in [2.24, 2.45) is 0 Å². The van der Waals surface area contributed by atoms with Crippen LogP contribution in [0.2, 0.25) is 0 Å². The van der Waals surface area contributed by atoms with E-state index in [2.05, 4.69) is 0 Å². The van der Waals surface area contributed by atoms with Gasteiger partial charge in [-0.05, 0) is 17.6 Å². The van der Waals surface area contributed by atoms with Crippen molar-refractivity contribution in [2.75, 3.05) is 0 Å². The van der Waals surface area contributed by atoms with Crippen LogP contribution in [0.4, 0.5) is 0 Å². The first-order chi connectivity index (χ1) is 10.00. The van der Waals surface area contributed by atoms with Gasteiger partial charge in [-0.15, -0.1) is 0 Å². The van der Waals surface area contributed by atoms with Crippen LogP contribution in [0.1, 0.15) is 32.8 Å². The first-order valence-electron chi connectivity index (χ1n) is 7.06. The third kappa shape index (κ3) is 4.35. The summed E-state index contributed by atoms with van der Waals surface area (Å²) in [6, 6.07) is 10.0. The molecule has 1 heterocycles. The first-order valence-corrected chi connectivity index (χ1v) is 7.06. The van der Waals surface area contributed by atoms with E-state index in [9.17, 15) is 4.79 Å². The molecule has 1 aliphatic rings. The van der Waals surface area contributed by atoms with Crippen molar-refractivity contribution in [2.45, 2.75) is 33.0 Å². The van der Waals surface area contributed by atoms with Crippen LogP contribution in [0, 0.1) is 0 Å². The van der Waals surface area contributed by atoms with E-state index in [-0.39, 0.29) is 5.97 Å². The lowest BCUT2D eigenvalue weighted by Crippen LogP contribution is -2.34. The molecule has 0 aliphatic carbocycles. The lowest BCUT2D eigenvalue weighted by atomic mass is 10.1. The highest BCUT2D eigenvalue weighted by Crippen LogP contribution is 2.27.